The summed E-state index contributed by atoms with van der Waals surface area (Å²) in [5.74, 6) is 1.16. The molecule has 0 N–H and O–H groups in total. The van der Waals surface area contributed by atoms with E-state index < -0.39 is 0 Å². The molecule has 1 amide bonds. The van der Waals surface area contributed by atoms with E-state index in [4.69, 9.17) is 4.42 Å². The lowest BCUT2D eigenvalue weighted by molar-refractivity contribution is -0.127. The number of oxazole rings is 1. The van der Waals surface area contributed by atoms with Gasteiger partial charge in [-0.1, -0.05) is 42.0 Å². The Balaban J connectivity index is 1.37. The molecular weight excluding hydrogens is 324 g/mol. The van der Waals surface area contributed by atoms with E-state index in [1.54, 1.807) is 6.08 Å². The Morgan fingerprint density at radius 1 is 1.15 bits per heavy atom. The quantitative estimate of drug-likeness (QED) is 0.653. The molecule has 0 unspecified atom stereocenters. The summed E-state index contributed by atoms with van der Waals surface area (Å²) in [6.45, 7) is 3.52. The van der Waals surface area contributed by atoms with E-state index >= 15 is 0 Å². The number of benzene rings is 2. The first-order chi connectivity index (χ1) is 12.7. The van der Waals surface area contributed by atoms with Crippen LogP contribution < -0.4 is 0 Å². The molecule has 0 aliphatic carbocycles. The highest BCUT2D eigenvalue weighted by Gasteiger charge is 2.26. The lowest BCUT2D eigenvalue weighted by Gasteiger charge is -2.29. The Kier molecular flexibility index (Phi) is 4.57. The number of likely N-dealkylation sites (tertiary alicyclic amines) is 1. The van der Waals surface area contributed by atoms with Crippen LogP contribution in [0.1, 0.15) is 35.8 Å². The molecule has 1 fully saturated rings. The molecule has 26 heavy (non-hydrogen) atoms. The van der Waals surface area contributed by atoms with Gasteiger partial charge >= 0.3 is 0 Å². The smallest absolute Gasteiger partial charge is 0.246 e. The minimum Gasteiger partial charge on any atom is -0.440 e. The molecule has 3 aromatic rings. The fourth-order valence-corrected chi connectivity index (χ4v) is 3.46. The highest BCUT2D eigenvalue weighted by molar-refractivity contribution is 5.91. The lowest BCUT2D eigenvalue weighted by Crippen LogP contribution is -2.36. The monoisotopic (exact) mass is 346 g/mol. The minimum absolute atomic E-state index is 0.0718. The number of carbonyl (C=O) groups excluding carboxylic acids is 1. The molecule has 2 heterocycles. The van der Waals surface area contributed by atoms with Crippen LogP contribution in [0.25, 0.3) is 17.2 Å². The molecule has 4 rings (SSSR count). The van der Waals surface area contributed by atoms with Gasteiger partial charge in [-0.15, -0.1) is 0 Å². The number of aryl methyl sites for hydroxylation is 1. The van der Waals surface area contributed by atoms with E-state index in [2.05, 4.69) is 24.0 Å². The third kappa shape index (κ3) is 3.54. The van der Waals surface area contributed by atoms with Gasteiger partial charge in [0.1, 0.15) is 5.52 Å². The third-order valence-electron chi connectivity index (χ3n) is 4.93. The average molecular weight is 346 g/mol. The van der Waals surface area contributed by atoms with Crippen LogP contribution >= 0.6 is 0 Å². The molecule has 4 nitrogen and oxygen atoms in total. The molecule has 132 valence electrons. The molecule has 1 aromatic heterocycles. The molecule has 0 saturated carbocycles. The van der Waals surface area contributed by atoms with Crippen molar-refractivity contribution in [3.05, 3.63) is 71.6 Å². The molecule has 0 spiro atoms. The first-order valence-corrected chi connectivity index (χ1v) is 9.08. The van der Waals surface area contributed by atoms with Gasteiger partial charge in [-0.25, -0.2) is 4.98 Å². The van der Waals surface area contributed by atoms with Crippen LogP contribution in [0.2, 0.25) is 0 Å². The van der Waals surface area contributed by atoms with Crippen molar-refractivity contribution in [1.82, 2.24) is 9.88 Å². The number of hydrogen-bond donors (Lipinski definition) is 0. The van der Waals surface area contributed by atoms with Gasteiger partial charge in [-0.3, -0.25) is 4.79 Å². The fraction of sp³-hybridized carbons (Fsp3) is 0.273. The summed E-state index contributed by atoms with van der Waals surface area (Å²) >= 11 is 0. The second-order valence-corrected chi connectivity index (χ2v) is 6.87. The molecule has 4 heteroatoms. The zero-order chi connectivity index (χ0) is 17.9. The molecule has 1 aliphatic rings. The van der Waals surface area contributed by atoms with Gasteiger partial charge in [0.2, 0.25) is 5.91 Å². The van der Waals surface area contributed by atoms with Crippen LogP contribution in [0, 0.1) is 6.92 Å². The van der Waals surface area contributed by atoms with Crippen molar-refractivity contribution in [1.29, 1.82) is 0 Å². The van der Waals surface area contributed by atoms with Gasteiger partial charge < -0.3 is 9.32 Å². The van der Waals surface area contributed by atoms with Crippen molar-refractivity contribution in [2.75, 3.05) is 13.1 Å². The Labute approximate surface area is 153 Å². The molecule has 1 aliphatic heterocycles. The Bertz CT molecular complexity index is 916. The van der Waals surface area contributed by atoms with E-state index in [0.29, 0.717) is 0 Å². The maximum absolute atomic E-state index is 12.4. The van der Waals surface area contributed by atoms with Gasteiger partial charge in [0.05, 0.1) is 0 Å². The van der Waals surface area contributed by atoms with E-state index in [0.717, 1.165) is 48.5 Å². The van der Waals surface area contributed by atoms with E-state index in [1.165, 1.54) is 5.56 Å². The molecule has 0 bridgehead atoms. The van der Waals surface area contributed by atoms with E-state index in [-0.39, 0.29) is 11.8 Å². The fourth-order valence-electron chi connectivity index (χ4n) is 3.46. The largest absolute Gasteiger partial charge is 0.440 e. The van der Waals surface area contributed by atoms with Gasteiger partial charge in [-0.05, 0) is 43.5 Å². The Morgan fingerprint density at radius 3 is 2.73 bits per heavy atom. The average Bonchev–Trinajstić information content (AvgIpc) is 3.10. The number of rotatable bonds is 3. The van der Waals surface area contributed by atoms with E-state index in [1.807, 2.05) is 47.4 Å². The summed E-state index contributed by atoms with van der Waals surface area (Å²) in [6.07, 6.45) is 5.34. The van der Waals surface area contributed by atoms with Gasteiger partial charge in [0.25, 0.3) is 0 Å². The Hall–Kier alpha value is -2.88. The number of aromatic nitrogens is 1. The number of hydrogen-bond acceptors (Lipinski definition) is 3. The summed E-state index contributed by atoms with van der Waals surface area (Å²) in [7, 11) is 0. The highest BCUT2D eigenvalue weighted by atomic mass is 16.3. The van der Waals surface area contributed by atoms with Crippen LogP contribution in [0.15, 0.2) is 59.0 Å². The van der Waals surface area contributed by atoms with Crippen molar-refractivity contribution in [2.24, 2.45) is 0 Å². The number of carbonyl (C=O) groups is 1. The first-order valence-electron chi connectivity index (χ1n) is 9.08. The van der Waals surface area contributed by atoms with Crippen LogP contribution in [-0.2, 0) is 4.79 Å². The lowest BCUT2D eigenvalue weighted by atomic mass is 9.96. The summed E-state index contributed by atoms with van der Waals surface area (Å²) in [6, 6.07) is 16.0. The number of fused-ring (bicyclic) bond motifs is 1. The van der Waals surface area contributed by atoms with Crippen LogP contribution in [0.5, 0.6) is 0 Å². The van der Waals surface area contributed by atoms with Crippen LogP contribution in [-0.4, -0.2) is 28.9 Å². The van der Waals surface area contributed by atoms with Crippen molar-refractivity contribution < 1.29 is 9.21 Å². The molecule has 0 atom stereocenters. The van der Waals surface area contributed by atoms with Crippen LogP contribution in [0.3, 0.4) is 0 Å². The van der Waals surface area contributed by atoms with Gasteiger partial charge in [0, 0.05) is 25.1 Å². The molecular formula is C22H22N2O2. The Morgan fingerprint density at radius 2 is 1.96 bits per heavy atom. The number of nitrogens with zero attached hydrogens (tertiary/aromatic N) is 2. The summed E-state index contributed by atoms with van der Waals surface area (Å²) in [4.78, 5) is 19.0. The van der Waals surface area contributed by atoms with Crippen molar-refractivity contribution in [3.8, 4) is 0 Å². The zero-order valence-electron chi connectivity index (χ0n) is 14.9. The number of amides is 1. The predicted octanol–water partition coefficient (Wildman–Crippen LogP) is 4.56. The number of para-hydroxylation sites is 2. The second kappa shape index (κ2) is 7.16. The third-order valence-corrected chi connectivity index (χ3v) is 4.93. The van der Waals surface area contributed by atoms with Crippen molar-refractivity contribution >= 4 is 23.1 Å². The molecule has 2 aromatic carbocycles. The van der Waals surface area contributed by atoms with Crippen LogP contribution in [0.4, 0.5) is 0 Å². The summed E-state index contributed by atoms with van der Waals surface area (Å²) in [5, 5.41) is 0. The zero-order valence-corrected chi connectivity index (χ0v) is 14.9. The van der Waals surface area contributed by atoms with Crippen molar-refractivity contribution in [2.45, 2.75) is 25.7 Å². The highest BCUT2D eigenvalue weighted by Crippen LogP contribution is 2.30. The predicted molar refractivity (Wildman–Crippen MR) is 103 cm³/mol. The SMILES string of the molecule is Cc1cccc(/C=C/C(=O)N2CCC(c3nc4ccccc4o3)CC2)c1. The maximum atomic E-state index is 12.4. The molecule has 1 saturated heterocycles. The first kappa shape index (κ1) is 16.6. The minimum atomic E-state index is 0.0718. The van der Waals surface area contributed by atoms with Crippen molar-refractivity contribution in [3.63, 3.8) is 0 Å². The van der Waals surface area contributed by atoms with E-state index in [9.17, 15) is 4.79 Å². The maximum Gasteiger partial charge on any atom is 0.246 e. The molecule has 0 radical (unpaired) electrons. The standard InChI is InChI=1S/C22H22N2O2/c1-16-5-4-6-17(15-16)9-10-21(25)24-13-11-18(12-14-24)22-23-19-7-2-3-8-20(19)26-22/h2-10,15,18H,11-14H2,1H3/b10-9+. The summed E-state index contributed by atoms with van der Waals surface area (Å²) in [5.41, 5.74) is 3.99. The number of piperidine rings is 1. The normalized spacial score (nSPS) is 15.8. The second-order valence-electron chi connectivity index (χ2n) is 6.87. The van der Waals surface area contributed by atoms with Gasteiger partial charge in [-0.2, -0.15) is 0 Å². The topological polar surface area (TPSA) is 46.3 Å². The summed E-state index contributed by atoms with van der Waals surface area (Å²) < 4.78 is 5.89. The van der Waals surface area contributed by atoms with Gasteiger partial charge in [0.15, 0.2) is 11.5 Å².